The minimum absolute atomic E-state index is 0.0192. The van der Waals surface area contributed by atoms with Gasteiger partial charge >= 0.3 is 0 Å². The Balaban J connectivity index is 1.33. The molecule has 1 amide bonds. The van der Waals surface area contributed by atoms with Crippen LogP contribution in [0, 0.1) is 0 Å². The van der Waals surface area contributed by atoms with Gasteiger partial charge in [0.15, 0.2) is 0 Å². The van der Waals surface area contributed by atoms with Crippen LogP contribution in [0.3, 0.4) is 0 Å². The molecule has 0 unspecified atom stereocenters. The minimum atomic E-state index is 0.0192. The highest BCUT2D eigenvalue weighted by molar-refractivity contribution is 6.35. The lowest BCUT2D eigenvalue weighted by molar-refractivity contribution is 0.0718. The Bertz CT molecular complexity index is 1310. The number of hydrogen-bond acceptors (Lipinski definition) is 6. The van der Waals surface area contributed by atoms with E-state index in [0.717, 1.165) is 29.6 Å². The van der Waals surface area contributed by atoms with E-state index in [1.807, 2.05) is 29.2 Å². The van der Waals surface area contributed by atoms with Crippen LogP contribution in [-0.4, -0.2) is 44.9 Å². The lowest BCUT2D eigenvalue weighted by Crippen LogP contribution is -2.42. The van der Waals surface area contributed by atoms with Crippen molar-refractivity contribution < 1.29 is 4.79 Å². The van der Waals surface area contributed by atoms with E-state index in [1.54, 1.807) is 42.7 Å². The lowest BCUT2D eigenvalue weighted by Gasteiger charge is -2.33. The number of piperidine rings is 1. The zero-order chi connectivity index (χ0) is 23.5. The van der Waals surface area contributed by atoms with Crippen LogP contribution in [0.4, 0.5) is 17.5 Å². The van der Waals surface area contributed by atoms with Crippen molar-refractivity contribution in [3.8, 4) is 0 Å². The first-order chi connectivity index (χ1) is 16.5. The van der Waals surface area contributed by atoms with E-state index in [-0.39, 0.29) is 11.9 Å². The van der Waals surface area contributed by atoms with Crippen molar-refractivity contribution in [2.24, 2.45) is 0 Å². The third-order valence-corrected chi connectivity index (χ3v) is 6.19. The van der Waals surface area contributed by atoms with Gasteiger partial charge in [0, 0.05) is 52.6 Å². The molecule has 4 aromatic rings. The van der Waals surface area contributed by atoms with Crippen LogP contribution in [0.1, 0.15) is 23.2 Å². The normalized spacial score (nSPS) is 14.2. The smallest absolute Gasteiger partial charge is 0.255 e. The first-order valence-electron chi connectivity index (χ1n) is 11.0. The van der Waals surface area contributed by atoms with Gasteiger partial charge in [-0.15, -0.1) is 0 Å². The largest absolute Gasteiger partial charge is 0.367 e. The molecular weight excluding hydrogens is 471 g/mol. The van der Waals surface area contributed by atoms with Crippen molar-refractivity contribution >= 4 is 57.5 Å². The van der Waals surface area contributed by atoms with Crippen LogP contribution < -0.4 is 10.6 Å². The summed E-state index contributed by atoms with van der Waals surface area (Å²) in [6.07, 6.45) is 4.92. The summed E-state index contributed by atoms with van der Waals surface area (Å²) in [6.45, 7) is 1.33. The molecule has 0 bridgehead atoms. The zero-order valence-electron chi connectivity index (χ0n) is 18.2. The minimum Gasteiger partial charge on any atom is -0.367 e. The second kappa shape index (κ2) is 9.83. The van der Waals surface area contributed by atoms with Crippen molar-refractivity contribution in [3.05, 3.63) is 82.6 Å². The Kier molecular flexibility index (Phi) is 6.47. The molecular formula is C25H22Cl2N6O. The number of likely N-dealkylation sites (tertiary alicyclic amines) is 1. The summed E-state index contributed by atoms with van der Waals surface area (Å²) in [5.41, 5.74) is 2.15. The summed E-state index contributed by atoms with van der Waals surface area (Å²) < 4.78 is 0. The summed E-state index contributed by atoms with van der Waals surface area (Å²) in [4.78, 5) is 28.0. The fourth-order valence-corrected chi connectivity index (χ4v) is 4.62. The number of carbonyl (C=O) groups excluding carboxylic acids is 1. The monoisotopic (exact) mass is 492 g/mol. The highest BCUT2D eigenvalue weighted by Crippen LogP contribution is 2.28. The lowest BCUT2D eigenvalue weighted by atomic mass is 10.0. The maximum atomic E-state index is 12.7. The van der Waals surface area contributed by atoms with Crippen LogP contribution in [0.5, 0.6) is 0 Å². The molecule has 2 N–H and O–H groups in total. The van der Waals surface area contributed by atoms with Gasteiger partial charge < -0.3 is 15.5 Å². The molecule has 0 atom stereocenters. The maximum Gasteiger partial charge on any atom is 0.255 e. The van der Waals surface area contributed by atoms with Gasteiger partial charge in [0.1, 0.15) is 5.82 Å². The molecule has 0 saturated carbocycles. The summed E-state index contributed by atoms with van der Waals surface area (Å²) in [5.74, 6) is 1.22. The van der Waals surface area contributed by atoms with E-state index in [4.69, 9.17) is 28.2 Å². The van der Waals surface area contributed by atoms with Crippen LogP contribution in [0.2, 0.25) is 10.0 Å². The Morgan fingerprint density at radius 3 is 2.47 bits per heavy atom. The fourth-order valence-electron chi connectivity index (χ4n) is 4.09. The number of benzene rings is 2. The predicted octanol–water partition coefficient (Wildman–Crippen LogP) is 5.79. The summed E-state index contributed by atoms with van der Waals surface area (Å²) in [7, 11) is 0. The number of fused-ring (bicyclic) bond motifs is 1. The molecule has 5 rings (SSSR count). The molecule has 1 saturated heterocycles. The average Bonchev–Trinajstić information content (AvgIpc) is 2.84. The molecule has 9 heteroatoms. The highest BCUT2D eigenvalue weighted by Gasteiger charge is 2.24. The van der Waals surface area contributed by atoms with Gasteiger partial charge in [-0.3, -0.25) is 9.78 Å². The van der Waals surface area contributed by atoms with E-state index in [0.29, 0.717) is 40.3 Å². The molecule has 0 spiro atoms. The predicted molar refractivity (Wildman–Crippen MR) is 136 cm³/mol. The van der Waals surface area contributed by atoms with Gasteiger partial charge in [-0.2, -0.15) is 4.98 Å². The average molecular weight is 493 g/mol. The zero-order valence-corrected chi connectivity index (χ0v) is 19.7. The number of nitrogens with zero attached hydrogens (tertiary/aromatic N) is 4. The molecule has 1 aliphatic rings. The Morgan fingerprint density at radius 1 is 0.971 bits per heavy atom. The van der Waals surface area contributed by atoms with Crippen molar-refractivity contribution in [1.82, 2.24) is 19.9 Å². The quantitative estimate of drug-likeness (QED) is 0.366. The standard InChI is InChI=1S/C25H22Cl2N6O/c26-17-12-18(27)14-20(13-17)30-25-31-22-6-2-1-5-21(22)23(32-25)29-19-7-10-33(11-8-19)24(34)16-4-3-9-28-15-16/h1-6,9,12-15,19H,7-8,10-11H2,(H2,29,30,31,32). The molecule has 1 aliphatic heterocycles. The second-order valence-corrected chi connectivity index (χ2v) is 9.02. The third kappa shape index (κ3) is 5.05. The van der Waals surface area contributed by atoms with Crippen molar-refractivity contribution in [3.63, 3.8) is 0 Å². The number of rotatable bonds is 5. The molecule has 3 heterocycles. The van der Waals surface area contributed by atoms with Crippen LogP contribution >= 0.6 is 23.2 Å². The van der Waals surface area contributed by atoms with Gasteiger partial charge in [0.25, 0.3) is 5.91 Å². The summed E-state index contributed by atoms with van der Waals surface area (Å²) >= 11 is 12.3. The van der Waals surface area contributed by atoms with E-state index < -0.39 is 0 Å². The number of pyridine rings is 1. The first-order valence-corrected chi connectivity index (χ1v) is 11.8. The van der Waals surface area contributed by atoms with E-state index in [2.05, 4.69) is 20.6 Å². The molecule has 2 aromatic carbocycles. The SMILES string of the molecule is O=C(c1cccnc1)N1CCC(Nc2nc(Nc3cc(Cl)cc(Cl)c3)nc3ccccc23)CC1. The number of para-hydroxylation sites is 1. The van der Waals surface area contributed by atoms with Gasteiger partial charge in [0.05, 0.1) is 11.1 Å². The molecule has 34 heavy (non-hydrogen) atoms. The van der Waals surface area contributed by atoms with Crippen molar-refractivity contribution in [2.75, 3.05) is 23.7 Å². The maximum absolute atomic E-state index is 12.7. The van der Waals surface area contributed by atoms with E-state index >= 15 is 0 Å². The molecule has 1 fully saturated rings. The number of anilines is 3. The van der Waals surface area contributed by atoms with E-state index in [9.17, 15) is 4.79 Å². The Hall–Kier alpha value is -3.42. The van der Waals surface area contributed by atoms with Gasteiger partial charge in [-0.1, -0.05) is 35.3 Å². The third-order valence-electron chi connectivity index (χ3n) is 5.75. The molecule has 0 radical (unpaired) electrons. The number of aromatic nitrogens is 3. The van der Waals surface area contributed by atoms with Gasteiger partial charge in [-0.05, 0) is 55.3 Å². The number of carbonyl (C=O) groups is 1. The number of halogens is 2. The number of amides is 1. The van der Waals surface area contributed by atoms with Gasteiger partial charge in [0.2, 0.25) is 5.95 Å². The molecule has 2 aromatic heterocycles. The number of hydrogen-bond donors (Lipinski definition) is 2. The molecule has 7 nitrogen and oxygen atoms in total. The number of nitrogens with one attached hydrogen (secondary N) is 2. The summed E-state index contributed by atoms with van der Waals surface area (Å²) in [5, 5.41) is 8.78. The fraction of sp³-hybridized carbons (Fsp3) is 0.200. The van der Waals surface area contributed by atoms with Crippen LogP contribution in [0.25, 0.3) is 10.9 Å². The molecule has 172 valence electrons. The van der Waals surface area contributed by atoms with Gasteiger partial charge in [-0.25, -0.2) is 4.98 Å². The summed E-state index contributed by atoms with van der Waals surface area (Å²) in [6, 6.07) is 16.9. The van der Waals surface area contributed by atoms with Crippen LogP contribution in [0.15, 0.2) is 67.0 Å². The second-order valence-electron chi connectivity index (χ2n) is 8.15. The Labute approximate surface area is 207 Å². The first kappa shape index (κ1) is 22.4. The Morgan fingerprint density at radius 2 is 1.74 bits per heavy atom. The van der Waals surface area contributed by atoms with Crippen LogP contribution in [-0.2, 0) is 0 Å². The van der Waals surface area contributed by atoms with E-state index in [1.165, 1.54) is 0 Å². The molecule has 0 aliphatic carbocycles. The topological polar surface area (TPSA) is 83.0 Å². The highest BCUT2D eigenvalue weighted by atomic mass is 35.5. The van der Waals surface area contributed by atoms with Crippen molar-refractivity contribution in [1.29, 1.82) is 0 Å². The van der Waals surface area contributed by atoms with Crippen molar-refractivity contribution in [2.45, 2.75) is 18.9 Å².